The van der Waals surface area contributed by atoms with Crippen LogP contribution in [0.4, 0.5) is 0 Å². The molecule has 0 fully saturated rings. The van der Waals surface area contributed by atoms with Crippen molar-refractivity contribution in [2.24, 2.45) is 5.10 Å². The van der Waals surface area contributed by atoms with Gasteiger partial charge in [-0.2, -0.15) is 13.5 Å². The molecule has 0 aliphatic heterocycles. The van der Waals surface area contributed by atoms with Gasteiger partial charge in [-0.1, -0.05) is 54.1 Å². The highest BCUT2D eigenvalue weighted by atomic mass is 32.2. The Bertz CT molecular complexity index is 1470. The van der Waals surface area contributed by atoms with Gasteiger partial charge in [0.05, 0.1) is 23.8 Å². The number of hydrazone groups is 1. The van der Waals surface area contributed by atoms with Crippen LogP contribution in [0.5, 0.6) is 11.5 Å². The number of aryl methyl sites for hydroxylation is 1. The van der Waals surface area contributed by atoms with E-state index in [1.54, 1.807) is 42.5 Å². The van der Waals surface area contributed by atoms with Crippen molar-refractivity contribution in [3.05, 3.63) is 102 Å². The van der Waals surface area contributed by atoms with Crippen LogP contribution >= 0.6 is 0 Å². The summed E-state index contributed by atoms with van der Waals surface area (Å²) >= 11 is 0. The standard InChI is InChI=1S/C26H22N2O5S/c1-18-10-13-21(14-11-18)34(30,31)28-27-17-19-12-15-24(25(16-19)32-2)33-26(29)23-9-5-7-20-6-3-4-8-22(20)23/h3-17,28H,1-2H3/b27-17-. The third-order valence-electron chi connectivity index (χ3n) is 5.12. The molecule has 0 unspecified atom stereocenters. The zero-order valence-corrected chi connectivity index (χ0v) is 19.4. The molecule has 34 heavy (non-hydrogen) atoms. The maximum Gasteiger partial charge on any atom is 0.344 e. The number of benzene rings is 4. The number of fused-ring (bicyclic) bond motifs is 1. The van der Waals surface area contributed by atoms with E-state index in [1.165, 1.54) is 25.5 Å². The number of esters is 1. The maximum atomic E-state index is 12.8. The minimum absolute atomic E-state index is 0.114. The summed E-state index contributed by atoms with van der Waals surface area (Å²) in [5, 5.41) is 5.56. The first-order valence-electron chi connectivity index (χ1n) is 10.4. The molecule has 0 aliphatic carbocycles. The van der Waals surface area contributed by atoms with E-state index in [0.29, 0.717) is 16.9 Å². The number of methoxy groups -OCH3 is 1. The third kappa shape index (κ3) is 5.07. The van der Waals surface area contributed by atoms with E-state index in [9.17, 15) is 13.2 Å². The quantitative estimate of drug-likeness (QED) is 0.182. The van der Waals surface area contributed by atoms with Crippen molar-refractivity contribution in [1.82, 2.24) is 4.83 Å². The Labute approximate surface area is 197 Å². The number of carbonyl (C=O) groups excluding carboxylic acids is 1. The number of carbonyl (C=O) groups is 1. The Morgan fingerprint density at radius 3 is 2.41 bits per heavy atom. The van der Waals surface area contributed by atoms with Gasteiger partial charge in [-0.3, -0.25) is 0 Å². The van der Waals surface area contributed by atoms with Gasteiger partial charge in [-0.15, -0.1) is 0 Å². The van der Waals surface area contributed by atoms with Crippen LogP contribution in [0.2, 0.25) is 0 Å². The van der Waals surface area contributed by atoms with Crippen LogP contribution in [0.15, 0.2) is 94.9 Å². The van der Waals surface area contributed by atoms with Gasteiger partial charge in [0.15, 0.2) is 11.5 Å². The molecule has 0 saturated carbocycles. The molecular weight excluding hydrogens is 452 g/mol. The summed E-state index contributed by atoms with van der Waals surface area (Å²) in [4.78, 5) is 15.1. The first kappa shape index (κ1) is 23.0. The lowest BCUT2D eigenvalue weighted by Gasteiger charge is -2.11. The Hall–Kier alpha value is -4.17. The van der Waals surface area contributed by atoms with E-state index >= 15 is 0 Å². The smallest absolute Gasteiger partial charge is 0.344 e. The number of rotatable bonds is 7. The van der Waals surface area contributed by atoms with Crippen molar-refractivity contribution in [3.8, 4) is 11.5 Å². The molecule has 0 radical (unpaired) electrons. The molecule has 7 nitrogen and oxygen atoms in total. The Morgan fingerprint density at radius 1 is 0.912 bits per heavy atom. The minimum atomic E-state index is -3.78. The summed E-state index contributed by atoms with van der Waals surface area (Å²) in [7, 11) is -2.33. The number of nitrogens with one attached hydrogen (secondary N) is 1. The van der Waals surface area contributed by atoms with Crippen molar-refractivity contribution < 1.29 is 22.7 Å². The summed E-state index contributed by atoms with van der Waals surface area (Å²) in [6.07, 6.45) is 1.34. The van der Waals surface area contributed by atoms with Crippen molar-refractivity contribution in [3.63, 3.8) is 0 Å². The minimum Gasteiger partial charge on any atom is -0.493 e. The van der Waals surface area contributed by atoms with E-state index in [2.05, 4.69) is 9.93 Å². The average molecular weight is 475 g/mol. The normalized spacial score (nSPS) is 11.5. The molecule has 4 aromatic carbocycles. The molecule has 0 saturated heterocycles. The van der Waals surface area contributed by atoms with Gasteiger partial charge in [-0.25, -0.2) is 9.63 Å². The van der Waals surface area contributed by atoms with Crippen LogP contribution < -0.4 is 14.3 Å². The first-order valence-corrected chi connectivity index (χ1v) is 11.9. The predicted octanol–water partition coefficient (Wildman–Crippen LogP) is 4.69. The van der Waals surface area contributed by atoms with Gasteiger partial charge < -0.3 is 9.47 Å². The number of hydrogen-bond donors (Lipinski definition) is 1. The number of sulfonamides is 1. The molecule has 4 aromatic rings. The van der Waals surface area contributed by atoms with E-state index < -0.39 is 16.0 Å². The summed E-state index contributed by atoms with van der Waals surface area (Å²) < 4.78 is 35.7. The second-order valence-electron chi connectivity index (χ2n) is 7.49. The second kappa shape index (κ2) is 9.76. The highest BCUT2D eigenvalue weighted by molar-refractivity contribution is 7.89. The Balaban J connectivity index is 1.50. The van der Waals surface area contributed by atoms with Gasteiger partial charge in [-0.05, 0) is 59.7 Å². The van der Waals surface area contributed by atoms with Crippen LogP contribution in [0.3, 0.4) is 0 Å². The lowest BCUT2D eigenvalue weighted by molar-refractivity contribution is 0.0732. The zero-order chi connectivity index (χ0) is 24.1. The summed E-state index contributed by atoms with van der Waals surface area (Å²) in [5.41, 5.74) is 1.94. The zero-order valence-electron chi connectivity index (χ0n) is 18.6. The van der Waals surface area contributed by atoms with E-state index in [1.807, 2.05) is 37.3 Å². The van der Waals surface area contributed by atoms with Gasteiger partial charge in [0.1, 0.15) is 0 Å². The van der Waals surface area contributed by atoms with Crippen molar-refractivity contribution in [1.29, 1.82) is 0 Å². The molecule has 0 atom stereocenters. The number of nitrogens with zero attached hydrogens (tertiary/aromatic N) is 1. The summed E-state index contributed by atoms with van der Waals surface area (Å²) in [5.74, 6) is 0.0270. The number of ether oxygens (including phenoxy) is 2. The fourth-order valence-corrected chi connectivity index (χ4v) is 4.14. The van der Waals surface area contributed by atoms with Gasteiger partial charge in [0.25, 0.3) is 10.0 Å². The van der Waals surface area contributed by atoms with E-state index in [4.69, 9.17) is 9.47 Å². The van der Waals surface area contributed by atoms with Gasteiger partial charge in [0.2, 0.25) is 0 Å². The Morgan fingerprint density at radius 2 is 1.65 bits per heavy atom. The van der Waals surface area contributed by atoms with Crippen LogP contribution in [0.1, 0.15) is 21.5 Å². The van der Waals surface area contributed by atoms with Crippen LogP contribution in [0.25, 0.3) is 10.8 Å². The lowest BCUT2D eigenvalue weighted by atomic mass is 10.0. The fraction of sp³-hybridized carbons (Fsp3) is 0.0769. The van der Waals surface area contributed by atoms with Crippen LogP contribution in [0, 0.1) is 6.92 Å². The molecular formula is C26H22N2O5S. The summed E-state index contributed by atoms with van der Waals surface area (Å²) in [6.45, 7) is 1.87. The summed E-state index contributed by atoms with van der Waals surface area (Å²) in [6, 6.07) is 24.2. The van der Waals surface area contributed by atoms with Crippen molar-refractivity contribution in [2.75, 3.05) is 7.11 Å². The van der Waals surface area contributed by atoms with E-state index in [-0.39, 0.29) is 10.6 Å². The predicted molar refractivity (Wildman–Crippen MR) is 131 cm³/mol. The third-order valence-corrected chi connectivity index (χ3v) is 6.36. The molecule has 8 heteroatoms. The van der Waals surface area contributed by atoms with Crippen molar-refractivity contribution in [2.45, 2.75) is 11.8 Å². The topological polar surface area (TPSA) is 94.1 Å². The van der Waals surface area contributed by atoms with E-state index in [0.717, 1.165) is 16.3 Å². The molecule has 4 rings (SSSR count). The van der Waals surface area contributed by atoms with Crippen LogP contribution in [-0.4, -0.2) is 27.7 Å². The molecule has 0 spiro atoms. The highest BCUT2D eigenvalue weighted by Crippen LogP contribution is 2.29. The maximum absolute atomic E-state index is 12.8. The molecule has 172 valence electrons. The lowest BCUT2D eigenvalue weighted by Crippen LogP contribution is -2.18. The largest absolute Gasteiger partial charge is 0.493 e. The molecule has 0 heterocycles. The van der Waals surface area contributed by atoms with Crippen molar-refractivity contribution >= 4 is 33.0 Å². The SMILES string of the molecule is COc1cc(/C=N\NS(=O)(=O)c2ccc(C)cc2)ccc1OC(=O)c1cccc2ccccc12. The molecule has 0 aromatic heterocycles. The van der Waals surface area contributed by atoms with Gasteiger partial charge in [0, 0.05) is 0 Å². The first-order chi connectivity index (χ1) is 16.4. The average Bonchev–Trinajstić information content (AvgIpc) is 2.84. The van der Waals surface area contributed by atoms with Gasteiger partial charge >= 0.3 is 5.97 Å². The Kier molecular flexibility index (Phi) is 6.60. The fourth-order valence-electron chi connectivity index (χ4n) is 3.35. The molecule has 0 amide bonds. The highest BCUT2D eigenvalue weighted by Gasteiger charge is 2.16. The number of hydrogen-bond acceptors (Lipinski definition) is 6. The monoisotopic (exact) mass is 474 g/mol. The van der Waals surface area contributed by atoms with Crippen LogP contribution in [-0.2, 0) is 10.0 Å². The molecule has 0 aliphatic rings. The molecule has 1 N–H and O–H groups in total. The molecule has 0 bridgehead atoms. The second-order valence-corrected chi connectivity index (χ2v) is 9.15.